The maximum atomic E-state index is 13.7. The van der Waals surface area contributed by atoms with E-state index in [1.807, 2.05) is 0 Å². The molecular weight excluding hydrogens is 540 g/mol. The minimum Gasteiger partial charge on any atom is -0.478 e. The summed E-state index contributed by atoms with van der Waals surface area (Å²) in [4.78, 5) is 66.4. The summed E-state index contributed by atoms with van der Waals surface area (Å²) in [5.74, 6) is -2.03. The highest BCUT2D eigenvalue weighted by atomic mass is 16.6. The van der Waals surface area contributed by atoms with Crippen LogP contribution in [0.4, 0.5) is 4.79 Å². The van der Waals surface area contributed by atoms with Crippen molar-refractivity contribution in [2.24, 2.45) is 5.92 Å². The van der Waals surface area contributed by atoms with Gasteiger partial charge in [-0.05, 0) is 76.5 Å². The van der Waals surface area contributed by atoms with Crippen LogP contribution in [0.15, 0.2) is 24.3 Å². The van der Waals surface area contributed by atoms with Crippen LogP contribution in [-0.2, 0) is 25.7 Å². The van der Waals surface area contributed by atoms with E-state index in [4.69, 9.17) is 4.74 Å². The molecule has 1 unspecified atom stereocenters. The van der Waals surface area contributed by atoms with Gasteiger partial charge in [0.2, 0.25) is 17.7 Å². The van der Waals surface area contributed by atoms with Crippen molar-refractivity contribution in [1.29, 1.82) is 0 Å². The number of aromatic carboxylic acids is 1. The Kier molecular flexibility index (Phi) is 9.78. The van der Waals surface area contributed by atoms with E-state index in [9.17, 15) is 29.1 Å². The molecule has 42 heavy (non-hydrogen) atoms. The van der Waals surface area contributed by atoms with E-state index in [-0.39, 0.29) is 35.7 Å². The molecule has 2 saturated heterocycles. The van der Waals surface area contributed by atoms with Crippen LogP contribution >= 0.6 is 0 Å². The first-order valence-corrected chi connectivity index (χ1v) is 15.1. The molecule has 0 radical (unpaired) electrons. The fourth-order valence-corrected chi connectivity index (χ4v) is 6.10. The highest BCUT2D eigenvalue weighted by Crippen LogP contribution is 2.47. The molecule has 0 spiro atoms. The number of amides is 4. The second kappa shape index (κ2) is 13.1. The van der Waals surface area contributed by atoms with Crippen molar-refractivity contribution in [3.8, 4) is 0 Å². The van der Waals surface area contributed by atoms with Gasteiger partial charge in [-0.15, -0.1) is 0 Å². The van der Waals surface area contributed by atoms with Gasteiger partial charge in [-0.1, -0.05) is 44.2 Å². The number of carboxylic acids is 1. The summed E-state index contributed by atoms with van der Waals surface area (Å²) in [6.45, 7) is 5.81. The Morgan fingerprint density at radius 2 is 1.76 bits per heavy atom. The zero-order chi connectivity index (χ0) is 30.5. The molecule has 3 fully saturated rings. The number of ether oxygens (including phenoxy) is 1. The lowest BCUT2D eigenvalue weighted by molar-refractivity contribution is -0.141. The molecule has 1 aliphatic carbocycles. The van der Waals surface area contributed by atoms with Crippen molar-refractivity contribution in [1.82, 2.24) is 20.9 Å². The quantitative estimate of drug-likeness (QED) is 0.413. The highest BCUT2D eigenvalue weighted by molar-refractivity contribution is 5.98. The molecule has 11 heteroatoms. The van der Waals surface area contributed by atoms with Gasteiger partial charge in [0.05, 0.1) is 5.56 Å². The number of hydrogen-bond donors (Lipinski definition) is 4. The number of carbonyl (C=O) groups excluding carboxylic acids is 4. The molecule has 11 nitrogen and oxygen atoms in total. The molecule has 4 atom stereocenters. The molecule has 1 aromatic carbocycles. The summed E-state index contributed by atoms with van der Waals surface area (Å²) in [6, 6.07) is 4.85. The van der Waals surface area contributed by atoms with Crippen molar-refractivity contribution in [2.75, 3.05) is 6.54 Å². The number of rotatable bonds is 5. The third-order valence-corrected chi connectivity index (χ3v) is 8.36. The van der Waals surface area contributed by atoms with Crippen LogP contribution in [0, 0.1) is 5.92 Å². The number of carbonyl (C=O) groups is 5. The Morgan fingerprint density at radius 1 is 1.05 bits per heavy atom. The van der Waals surface area contributed by atoms with E-state index in [2.05, 4.69) is 16.0 Å². The average Bonchev–Trinajstić information content (AvgIpc) is 3.38. The second-order valence-corrected chi connectivity index (χ2v) is 12.8. The van der Waals surface area contributed by atoms with Crippen molar-refractivity contribution in [2.45, 2.75) is 115 Å². The van der Waals surface area contributed by atoms with Crippen LogP contribution in [0.5, 0.6) is 0 Å². The topological polar surface area (TPSA) is 154 Å². The normalized spacial score (nSPS) is 26.9. The van der Waals surface area contributed by atoms with E-state index in [1.165, 1.54) is 17.0 Å². The lowest BCUT2D eigenvalue weighted by atomic mass is 10.0. The second-order valence-electron chi connectivity index (χ2n) is 12.8. The van der Waals surface area contributed by atoms with Crippen molar-refractivity contribution in [3.05, 3.63) is 35.4 Å². The number of nitrogens with zero attached hydrogens (tertiary/aromatic N) is 1. The van der Waals surface area contributed by atoms with Gasteiger partial charge >= 0.3 is 12.1 Å². The van der Waals surface area contributed by atoms with Crippen molar-refractivity contribution < 1.29 is 33.8 Å². The van der Waals surface area contributed by atoms with E-state index < -0.39 is 35.3 Å². The lowest BCUT2D eigenvalue weighted by Gasteiger charge is -2.30. The van der Waals surface area contributed by atoms with Gasteiger partial charge < -0.3 is 30.7 Å². The summed E-state index contributed by atoms with van der Waals surface area (Å²) >= 11 is 0. The van der Waals surface area contributed by atoms with Gasteiger partial charge in [-0.3, -0.25) is 14.4 Å². The first-order chi connectivity index (χ1) is 19.9. The Balaban J connectivity index is 1.49. The maximum Gasteiger partial charge on any atom is 0.408 e. The number of carboxylic acid groups (broad SMARTS) is 1. The SMILES string of the molecule is CC(C)(C)OC(=O)N[C@H]1CCCCCCCC2C[C@@]2(C(=O)NCc2cccc(C(=O)O)c2)NC(=O)[C@@H]2CCCN2C1=O. The minimum atomic E-state index is -1.06. The fraction of sp³-hybridized carbons (Fsp3) is 0.645. The smallest absolute Gasteiger partial charge is 0.408 e. The van der Waals surface area contributed by atoms with Crippen LogP contribution in [0.25, 0.3) is 0 Å². The molecule has 1 saturated carbocycles. The minimum absolute atomic E-state index is 0.0101. The predicted molar refractivity (Wildman–Crippen MR) is 154 cm³/mol. The zero-order valence-corrected chi connectivity index (χ0v) is 24.9. The Labute approximate surface area is 247 Å². The third-order valence-electron chi connectivity index (χ3n) is 8.36. The molecule has 4 rings (SSSR count). The standard InChI is InChI=1S/C31H44N4O7/c1-30(2,3)42-29(41)33-23-14-8-6-4-5-7-13-22-18-31(22,34-25(36)24-15-10-16-35(24)26(23)37)28(40)32-19-20-11-9-12-21(17-20)27(38)39/h9,11-12,17,22-24H,4-8,10,13-16,18-19H2,1-3H3,(H,32,40)(H,33,41)(H,34,36)(H,38,39)/t22?,23-,24-,31+/m0/s1. The molecule has 4 N–H and O–H groups in total. The Morgan fingerprint density at radius 3 is 2.48 bits per heavy atom. The first kappa shape index (κ1) is 31.3. The first-order valence-electron chi connectivity index (χ1n) is 15.1. The summed E-state index contributed by atoms with van der Waals surface area (Å²) in [6.07, 6.45) is 6.76. The number of benzene rings is 1. The largest absolute Gasteiger partial charge is 0.478 e. The van der Waals surface area contributed by atoms with E-state index >= 15 is 0 Å². The van der Waals surface area contributed by atoms with E-state index in [0.29, 0.717) is 37.8 Å². The van der Waals surface area contributed by atoms with E-state index in [0.717, 1.165) is 38.5 Å². The van der Waals surface area contributed by atoms with Crippen molar-refractivity contribution >= 4 is 29.8 Å². The Hall–Kier alpha value is -3.63. The van der Waals surface area contributed by atoms with Crippen LogP contribution < -0.4 is 16.0 Å². The number of nitrogens with one attached hydrogen (secondary N) is 3. The third kappa shape index (κ3) is 7.80. The molecule has 4 amide bonds. The van der Waals surface area contributed by atoms with Gasteiger partial charge in [-0.2, -0.15) is 0 Å². The molecule has 3 aliphatic rings. The molecule has 2 heterocycles. The molecule has 1 aromatic rings. The lowest BCUT2D eigenvalue weighted by Crippen LogP contribution is -2.58. The predicted octanol–water partition coefficient (Wildman–Crippen LogP) is 3.50. The number of fused-ring (bicyclic) bond motifs is 2. The zero-order valence-electron chi connectivity index (χ0n) is 24.9. The highest BCUT2D eigenvalue weighted by Gasteiger charge is 2.61. The maximum absolute atomic E-state index is 13.7. The van der Waals surface area contributed by atoms with Gasteiger partial charge in [0.15, 0.2) is 0 Å². The summed E-state index contributed by atoms with van der Waals surface area (Å²) in [5, 5.41) is 18.0. The average molecular weight is 585 g/mol. The fourth-order valence-electron chi connectivity index (χ4n) is 6.10. The monoisotopic (exact) mass is 584 g/mol. The Bertz CT molecular complexity index is 1200. The number of hydrogen-bond acceptors (Lipinski definition) is 6. The number of alkyl carbamates (subject to hydrolysis) is 1. The summed E-state index contributed by atoms with van der Waals surface area (Å²) in [5.41, 5.74) is -0.987. The molecule has 230 valence electrons. The van der Waals surface area contributed by atoms with Crippen LogP contribution in [0.3, 0.4) is 0 Å². The van der Waals surface area contributed by atoms with Crippen LogP contribution in [-0.4, -0.2) is 69.6 Å². The molecule has 0 bridgehead atoms. The van der Waals surface area contributed by atoms with Crippen molar-refractivity contribution in [3.63, 3.8) is 0 Å². The van der Waals surface area contributed by atoms with Crippen LogP contribution in [0.1, 0.15) is 101 Å². The van der Waals surface area contributed by atoms with Gasteiger partial charge in [0.25, 0.3) is 0 Å². The van der Waals surface area contributed by atoms with E-state index in [1.54, 1.807) is 32.9 Å². The molecular formula is C31H44N4O7. The van der Waals surface area contributed by atoms with Crippen LogP contribution in [0.2, 0.25) is 0 Å². The van der Waals surface area contributed by atoms with Gasteiger partial charge in [0, 0.05) is 13.1 Å². The molecule has 0 aromatic heterocycles. The summed E-state index contributed by atoms with van der Waals surface area (Å²) < 4.78 is 5.41. The van der Waals surface area contributed by atoms with Gasteiger partial charge in [-0.25, -0.2) is 9.59 Å². The van der Waals surface area contributed by atoms with Gasteiger partial charge in [0.1, 0.15) is 23.2 Å². The molecule has 2 aliphatic heterocycles. The summed E-state index contributed by atoms with van der Waals surface area (Å²) in [7, 11) is 0.